The Balaban J connectivity index is 1.92. The Hall–Kier alpha value is -3.53. The molecule has 0 fully saturated rings. The molecule has 0 aromatic heterocycles. The second-order valence-electron chi connectivity index (χ2n) is 12.3. The van der Waals surface area contributed by atoms with Crippen molar-refractivity contribution in [1.29, 1.82) is 0 Å². The molecule has 2 unspecified atom stereocenters. The first kappa shape index (κ1) is 32.0. The van der Waals surface area contributed by atoms with Crippen LogP contribution in [0.15, 0.2) is 42.5 Å². The Morgan fingerprint density at radius 3 is 2.27 bits per heavy atom. The SMILES string of the molecule is CC(CON(C(=O)N1CCc2ccccc21)C(CC(=O)OC(C)(C)C)C(=O)OC(C)(C)C)Cc1ccc(F)cc1F. The van der Waals surface area contributed by atoms with E-state index in [2.05, 4.69) is 0 Å². The van der Waals surface area contributed by atoms with Crippen LogP contribution in [0.25, 0.3) is 0 Å². The number of esters is 2. The van der Waals surface area contributed by atoms with Gasteiger partial charge in [-0.25, -0.2) is 18.4 Å². The summed E-state index contributed by atoms with van der Waals surface area (Å²) in [6, 6.07) is 8.64. The maximum atomic E-state index is 14.3. The number of fused-ring (bicyclic) bond motifs is 1. The molecule has 1 heterocycles. The van der Waals surface area contributed by atoms with E-state index in [1.807, 2.05) is 12.1 Å². The number of para-hydroxylation sites is 1. The van der Waals surface area contributed by atoms with Gasteiger partial charge >= 0.3 is 18.0 Å². The molecular formula is C31H40F2N2O6. The fourth-order valence-electron chi connectivity index (χ4n) is 4.44. The van der Waals surface area contributed by atoms with E-state index in [1.54, 1.807) is 60.6 Å². The Kier molecular flexibility index (Phi) is 10.1. The molecule has 1 aliphatic rings. The zero-order chi connectivity index (χ0) is 30.5. The number of benzene rings is 2. The highest BCUT2D eigenvalue weighted by Crippen LogP contribution is 2.30. The summed E-state index contributed by atoms with van der Waals surface area (Å²) in [5, 5.41) is 0.887. The number of anilines is 1. The average Bonchev–Trinajstić information content (AvgIpc) is 3.27. The van der Waals surface area contributed by atoms with E-state index in [4.69, 9.17) is 14.3 Å². The molecule has 41 heavy (non-hydrogen) atoms. The first-order valence-electron chi connectivity index (χ1n) is 13.7. The minimum atomic E-state index is -1.46. The molecule has 0 saturated carbocycles. The lowest BCUT2D eigenvalue weighted by atomic mass is 10.0. The van der Waals surface area contributed by atoms with E-state index in [0.29, 0.717) is 18.7 Å². The zero-order valence-corrected chi connectivity index (χ0v) is 24.8. The quantitative estimate of drug-likeness (QED) is 0.270. The lowest BCUT2D eigenvalue weighted by Crippen LogP contribution is -2.53. The number of rotatable bonds is 9. The topological polar surface area (TPSA) is 85.4 Å². The molecule has 0 N–H and O–H groups in total. The van der Waals surface area contributed by atoms with Gasteiger partial charge in [-0.3, -0.25) is 14.5 Å². The summed E-state index contributed by atoms with van der Waals surface area (Å²) >= 11 is 0. The Morgan fingerprint density at radius 1 is 0.976 bits per heavy atom. The van der Waals surface area contributed by atoms with Crippen molar-refractivity contribution in [2.45, 2.75) is 85.0 Å². The van der Waals surface area contributed by atoms with Gasteiger partial charge in [0.2, 0.25) is 0 Å². The van der Waals surface area contributed by atoms with Crippen LogP contribution in [-0.4, -0.2) is 53.4 Å². The van der Waals surface area contributed by atoms with E-state index in [1.165, 1.54) is 17.0 Å². The molecule has 0 aliphatic carbocycles. The highest BCUT2D eigenvalue weighted by molar-refractivity contribution is 5.96. The molecule has 3 rings (SSSR count). The molecule has 0 spiro atoms. The molecule has 2 aromatic carbocycles. The highest BCUT2D eigenvalue weighted by Gasteiger charge is 2.41. The fourth-order valence-corrected chi connectivity index (χ4v) is 4.44. The number of amides is 2. The van der Waals surface area contributed by atoms with Crippen molar-refractivity contribution in [2.24, 2.45) is 5.92 Å². The summed E-state index contributed by atoms with van der Waals surface area (Å²) in [6.07, 6.45) is 0.289. The van der Waals surface area contributed by atoms with Crippen molar-refractivity contribution in [1.82, 2.24) is 5.06 Å². The smallest absolute Gasteiger partial charge is 0.349 e. The first-order valence-corrected chi connectivity index (χ1v) is 13.7. The lowest BCUT2D eigenvalue weighted by molar-refractivity contribution is -0.194. The Bertz CT molecular complexity index is 1250. The number of halogens is 2. The third kappa shape index (κ3) is 9.24. The number of nitrogens with zero attached hydrogens (tertiary/aromatic N) is 2. The van der Waals surface area contributed by atoms with Crippen molar-refractivity contribution >= 4 is 23.7 Å². The van der Waals surface area contributed by atoms with Crippen LogP contribution in [0.4, 0.5) is 19.3 Å². The highest BCUT2D eigenvalue weighted by atomic mass is 19.1. The zero-order valence-electron chi connectivity index (χ0n) is 24.8. The normalized spacial score (nSPS) is 14.7. The number of hydrogen-bond acceptors (Lipinski definition) is 6. The Morgan fingerprint density at radius 2 is 1.63 bits per heavy atom. The van der Waals surface area contributed by atoms with Gasteiger partial charge in [0.25, 0.3) is 0 Å². The van der Waals surface area contributed by atoms with Crippen LogP contribution >= 0.6 is 0 Å². The molecule has 2 amide bonds. The van der Waals surface area contributed by atoms with Gasteiger partial charge in [-0.05, 0) is 83.6 Å². The van der Waals surface area contributed by atoms with Gasteiger partial charge in [-0.2, -0.15) is 5.06 Å². The summed E-state index contributed by atoms with van der Waals surface area (Å²) in [7, 11) is 0. The lowest BCUT2D eigenvalue weighted by Gasteiger charge is -2.34. The third-order valence-corrected chi connectivity index (χ3v) is 6.13. The number of carbonyl (C=O) groups is 3. The predicted octanol–water partition coefficient (Wildman–Crippen LogP) is 6.00. The number of hydrogen-bond donors (Lipinski definition) is 0. The van der Waals surface area contributed by atoms with E-state index < -0.39 is 53.3 Å². The maximum absolute atomic E-state index is 14.3. The van der Waals surface area contributed by atoms with Gasteiger partial charge < -0.3 is 9.47 Å². The molecular weight excluding hydrogens is 534 g/mol. The van der Waals surface area contributed by atoms with Crippen LogP contribution < -0.4 is 4.90 Å². The van der Waals surface area contributed by atoms with Crippen molar-refractivity contribution in [3.05, 3.63) is 65.2 Å². The van der Waals surface area contributed by atoms with Crippen molar-refractivity contribution in [3.63, 3.8) is 0 Å². The summed E-state index contributed by atoms with van der Waals surface area (Å²) in [4.78, 5) is 47.9. The number of ether oxygens (including phenoxy) is 2. The molecule has 2 atom stereocenters. The predicted molar refractivity (Wildman–Crippen MR) is 150 cm³/mol. The van der Waals surface area contributed by atoms with Gasteiger partial charge in [0.1, 0.15) is 22.8 Å². The van der Waals surface area contributed by atoms with Gasteiger partial charge in [0, 0.05) is 18.3 Å². The van der Waals surface area contributed by atoms with Gasteiger partial charge in [-0.1, -0.05) is 31.2 Å². The second-order valence-corrected chi connectivity index (χ2v) is 12.3. The van der Waals surface area contributed by atoms with E-state index >= 15 is 0 Å². The number of urea groups is 1. The molecule has 0 saturated heterocycles. The van der Waals surface area contributed by atoms with Crippen LogP contribution in [0.1, 0.15) is 66.0 Å². The van der Waals surface area contributed by atoms with E-state index in [-0.39, 0.29) is 24.5 Å². The third-order valence-electron chi connectivity index (χ3n) is 6.13. The molecule has 0 bridgehead atoms. The maximum Gasteiger partial charge on any atom is 0.349 e. The molecule has 1 aliphatic heterocycles. The van der Waals surface area contributed by atoms with Crippen LogP contribution in [0.5, 0.6) is 0 Å². The molecule has 2 aromatic rings. The van der Waals surface area contributed by atoms with Crippen molar-refractivity contribution in [3.8, 4) is 0 Å². The van der Waals surface area contributed by atoms with E-state index in [9.17, 15) is 23.2 Å². The van der Waals surface area contributed by atoms with Crippen LogP contribution in [0, 0.1) is 17.6 Å². The van der Waals surface area contributed by atoms with Gasteiger partial charge in [0.15, 0.2) is 6.04 Å². The minimum Gasteiger partial charge on any atom is -0.460 e. The van der Waals surface area contributed by atoms with E-state index in [0.717, 1.165) is 16.7 Å². The average molecular weight is 575 g/mol. The molecule has 10 heteroatoms. The van der Waals surface area contributed by atoms with Crippen molar-refractivity contribution in [2.75, 3.05) is 18.1 Å². The molecule has 0 radical (unpaired) electrons. The van der Waals surface area contributed by atoms with Crippen LogP contribution in [0.3, 0.4) is 0 Å². The summed E-state index contributed by atoms with van der Waals surface area (Å²) in [5.74, 6) is -3.26. The monoisotopic (exact) mass is 574 g/mol. The summed E-state index contributed by atoms with van der Waals surface area (Å²) in [6.45, 7) is 12.1. The van der Waals surface area contributed by atoms with Gasteiger partial charge in [0.05, 0.1) is 13.0 Å². The first-order chi connectivity index (χ1) is 19.0. The summed E-state index contributed by atoms with van der Waals surface area (Å²) in [5.41, 5.74) is 0.180. The summed E-state index contributed by atoms with van der Waals surface area (Å²) < 4.78 is 38.7. The molecule has 224 valence electrons. The second kappa shape index (κ2) is 13.0. The standard InChI is InChI=1S/C31H40F2N2O6/c1-20(16-22-12-13-23(32)17-24(22)33)19-39-35(29(38)34-15-14-21-10-8-9-11-25(21)34)26(28(37)41-31(5,6)7)18-27(36)40-30(2,3)4/h8-13,17,20,26H,14-16,18-19H2,1-7H3. The largest absolute Gasteiger partial charge is 0.460 e. The number of carbonyl (C=O) groups excluding carboxylic acids is 3. The van der Waals surface area contributed by atoms with Gasteiger partial charge in [-0.15, -0.1) is 0 Å². The Labute approximate surface area is 240 Å². The number of hydroxylamine groups is 2. The molecule has 8 nitrogen and oxygen atoms in total. The minimum absolute atomic E-state index is 0.105. The van der Waals surface area contributed by atoms with Crippen LogP contribution in [-0.2, 0) is 36.7 Å². The van der Waals surface area contributed by atoms with Crippen LogP contribution in [0.2, 0.25) is 0 Å². The van der Waals surface area contributed by atoms with Crippen molar-refractivity contribution < 1.29 is 37.5 Å². The fraction of sp³-hybridized carbons (Fsp3) is 0.516.